The van der Waals surface area contributed by atoms with Gasteiger partial charge in [0.05, 0.1) is 12.6 Å². The van der Waals surface area contributed by atoms with Gasteiger partial charge in [-0.15, -0.1) is 12.3 Å². The Hall–Kier alpha value is -2.93. The maximum Gasteiger partial charge on any atom is 0.233 e. The van der Waals surface area contributed by atoms with E-state index in [0.29, 0.717) is 19.5 Å². The molecular formula is C34H52IN3O3. The molecule has 0 spiro atoms. The molecule has 0 aliphatic rings. The Bertz CT molecular complexity index is 984. The molecule has 1 amide bonds. The van der Waals surface area contributed by atoms with E-state index in [1.165, 1.54) is 9.13 Å². The van der Waals surface area contributed by atoms with Gasteiger partial charge in [-0.05, 0) is 94.6 Å². The van der Waals surface area contributed by atoms with Gasteiger partial charge in [0, 0.05) is 41.5 Å². The molecule has 6 nitrogen and oxygen atoms in total. The Morgan fingerprint density at radius 2 is 1.66 bits per heavy atom. The zero-order chi connectivity index (χ0) is 31.9. The Kier molecular flexibility index (Phi) is 32.8. The molecule has 1 unspecified atom stereocenters. The third-order valence-electron chi connectivity index (χ3n) is 4.64. The number of aryl methyl sites for hydroxylation is 2. The molecule has 41 heavy (non-hydrogen) atoms. The highest BCUT2D eigenvalue weighted by molar-refractivity contribution is 14.1. The molecule has 0 fully saturated rings. The number of likely N-dealkylation sites (N-methyl/N-ethyl adjacent to an activating group) is 3. The molecule has 2 aromatic rings. The number of hydrogen-bond donors (Lipinski definition) is 3. The number of aldehydes is 1. The van der Waals surface area contributed by atoms with Crippen LogP contribution in [0.3, 0.4) is 0 Å². The van der Waals surface area contributed by atoms with Crippen molar-refractivity contribution in [2.75, 3.05) is 33.8 Å². The minimum atomic E-state index is 0.0509. The highest BCUT2D eigenvalue weighted by Gasteiger charge is 1.93. The molecule has 228 valence electrons. The Morgan fingerprint density at radius 3 is 2.07 bits per heavy atom. The van der Waals surface area contributed by atoms with Crippen LogP contribution in [-0.2, 0) is 9.53 Å². The topological polar surface area (TPSA) is 79.5 Å². The van der Waals surface area contributed by atoms with Gasteiger partial charge in [-0.2, -0.15) is 0 Å². The van der Waals surface area contributed by atoms with Crippen molar-refractivity contribution in [3.8, 4) is 12.3 Å². The van der Waals surface area contributed by atoms with Crippen LogP contribution in [0.5, 0.6) is 0 Å². The van der Waals surface area contributed by atoms with Crippen molar-refractivity contribution in [2.24, 2.45) is 0 Å². The lowest BCUT2D eigenvalue weighted by Gasteiger charge is -2.05. The van der Waals surface area contributed by atoms with Crippen LogP contribution in [0, 0.1) is 29.8 Å². The molecule has 0 heterocycles. The van der Waals surface area contributed by atoms with Crippen molar-refractivity contribution < 1.29 is 14.3 Å². The van der Waals surface area contributed by atoms with Crippen LogP contribution >= 0.6 is 22.6 Å². The number of allylic oxidation sites excluding steroid dienone is 2. The molecule has 2 aromatic carbocycles. The SMILES string of the molecule is C#CC/C=C(\C=C/C(C)OC)NCC.CC.CCNC(=O)CNC.Cc1ccc(I)cc1.Cc1cccc(C=O)c1. The summed E-state index contributed by atoms with van der Waals surface area (Å²) in [5.41, 5.74) is 4.24. The number of amides is 1. The van der Waals surface area contributed by atoms with E-state index in [2.05, 4.69) is 82.6 Å². The second-order valence-electron chi connectivity index (χ2n) is 8.21. The summed E-state index contributed by atoms with van der Waals surface area (Å²) in [5, 5.41) is 8.61. The first kappa shape index (κ1) is 42.5. The average molecular weight is 678 g/mol. The Labute approximate surface area is 264 Å². The second kappa shape index (κ2) is 31.6. The quantitative estimate of drug-likeness (QED) is 0.111. The number of nitrogens with one attached hydrogen (secondary N) is 3. The smallest absolute Gasteiger partial charge is 0.233 e. The lowest BCUT2D eigenvalue weighted by molar-refractivity contribution is -0.120. The molecule has 0 saturated heterocycles. The van der Waals surface area contributed by atoms with Crippen LogP contribution < -0.4 is 16.0 Å². The van der Waals surface area contributed by atoms with Gasteiger partial charge in [0.2, 0.25) is 5.91 Å². The fourth-order valence-corrected chi connectivity index (χ4v) is 2.95. The van der Waals surface area contributed by atoms with Crippen molar-refractivity contribution in [2.45, 2.75) is 61.0 Å². The number of carbonyl (C=O) groups excluding carboxylic acids is 2. The average Bonchev–Trinajstić information content (AvgIpc) is 2.98. The number of rotatable bonds is 10. The summed E-state index contributed by atoms with van der Waals surface area (Å²) < 4.78 is 6.40. The minimum absolute atomic E-state index is 0.0509. The summed E-state index contributed by atoms with van der Waals surface area (Å²) >= 11 is 2.30. The first-order valence-corrected chi connectivity index (χ1v) is 15.0. The van der Waals surface area contributed by atoms with Crippen molar-refractivity contribution in [3.05, 3.63) is 92.7 Å². The second-order valence-corrected chi connectivity index (χ2v) is 9.46. The molecule has 0 saturated carbocycles. The summed E-state index contributed by atoms with van der Waals surface area (Å²) in [4.78, 5) is 20.6. The highest BCUT2D eigenvalue weighted by Crippen LogP contribution is 2.04. The Morgan fingerprint density at radius 1 is 1.05 bits per heavy atom. The molecule has 0 bridgehead atoms. The number of methoxy groups -OCH3 is 1. The summed E-state index contributed by atoms with van der Waals surface area (Å²) in [6.07, 6.45) is 12.8. The van der Waals surface area contributed by atoms with Crippen LogP contribution in [0.4, 0.5) is 0 Å². The van der Waals surface area contributed by atoms with Gasteiger partial charge >= 0.3 is 0 Å². The van der Waals surface area contributed by atoms with Crippen molar-refractivity contribution in [1.82, 2.24) is 16.0 Å². The minimum Gasteiger partial charge on any atom is -0.386 e. The van der Waals surface area contributed by atoms with Gasteiger partial charge in [0.25, 0.3) is 0 Å². The standard InChI is InChI=1S/C12H19NO.C8H8O.C7H7I.C5H12N2O.C2H6/c1-5-7-8-12(13-6-2)10-9-11(3)14-4;1-7-3-2-4-8(5-7)6-9;1-6-2-4-7(8)5-3-6;1-3-7-5(8)4-6-2;1-2/h1,8-11,13H,6-7H2,2-4H3;2-6H,1H3;2-5H,1H3;6H,3-4H2,1-2H3,(H,7,8);1-2H3/b10-9-,12-8+;;;;. The fraction of sp³-hybridized carbons (Fsp3) is 0.412. The fourth-order valence-electron chi connectivity index (χ4n) is 2.59. The van der Waals surface area contributed by atoms with Crippen molar-refractivity contribution in [1.29, 1.82) is 0 Å². The van der Waals surface area contributed by atoms with E-state index >= 15 is 0 Å². The van der Waals surface area contributed by atoms with E-state index < -0.39 is 0 Å². The van der Waals surface area contributed by atoms with Gasteiger partial charge < -0.3 is 20.7 Å². The van der Waals surface area contributed by atoms with Gasteiger partial charge in [-0.3, -0.25) is 9.59 Å². The zero-order valence-corrected chi connectivity index (χ0v) is 28.7. The van der Waals surface area contributed by atoms with Gasteiger partial charge in [0.15, 0.2) is 0 Å². The zero-order valence-electron chi connectivity index (χ0n) is 26.5. The van der Waals surface area contributed by atoms with Gasteiger partial charge in [0.1, 0.15) is 6.29 Å². The number of ether oxygens (including phenoxy) is 1. The van der Waals surface area contributed by atoms with Crippen LogP contribution in [-0.4, -0.2) is 52.1 Å². The molecule has 0 radical (unpaired) electrons. The van der Waals surface area contributed by atoms with Gasteiger partial charge in [-0.25, -0.2) is 0 Å². The van der Waals surface area contributed by atoms with Crippen molar-refractivity contribution >= 4 is 34.8 Å². The normalized spacial score (nSPS) is 10.4. The maximum atomic E-state index is 10.5. The lowest BCUT2D eigenvalue weighted by Crippen LogP contribution is -2.31. The number of halogens is 1. The van der Waals surface area contributed by atoms with E-state index in [0.717, 1.165) is 29.7 Å². The first-order chi connectivity index (χ1) is 19.7. The van der Waals surface area contributed by atoms with Crippen molar-refractivity contribution in [3.63, 3.8) is 0 Å². The molecule has 2 rings (SSSR count). The number of carbonyl (C=O) groups is 2. The highest BCUT2D eigenvalue weighted by atomic mass is 127. The number of benzene rings is 2. The van der Waals surface area contributed by atoms with Crippen LogP contribution in [0.15, 0.2) is 72.5 Å². The third-order valence-corrected chi connectivity index (χ3v) is 5.36. The van der Waals surface area contributed by atoms with Gasteiger partial charge in [-0.1, -0.05) is 61.4 Å². The van der Waals surface area contributed by atoms with E-state index in [1.807, 2.05) is 71.0 Å². The summed E-state index contributed by atoms with van der Waals surface area (Å²) in [7, 11) is 3.43. The van der Waals surface area contributed by atoms with Crippen LogP contribution in [0.1, 0.15) is 62.5 Å². The predicted molar refractivity (Wildman–Crippen MR) is 185 cm³/mol. The molecule has 0 aromatic heterocycles. The third kappa shape index (κ3) is 29.9. The molecule has 7 heteroatoms. The Balaban J connectivity index is -0.000000472. The largest absolute Gasteiger partial charge is 0.386 e. The lowest BCUT2D eigenvalue weighted by atomic mass is 10.2. The maximum absolute atomic E-state index is 10.5. The van der Waals surface area contributed by atoms with E-state index in [4.69, 9.17) is 11.2 Å². The molecule has 0 aliphatic heterocycles. The summed E-state index contributed by atoms with van der Waals surface area (Å²) in [6.45, 7) is 16.0. The van der Waals surface area contributed by atoms with Crippen LogP contribution in [0.25, 0.3) is 0 Å². The molecule has 0 aliphatic carbocycles. The van der Waals surface area contributed by atoms with E-state index in [1.54, 1.807) is 20.2 Å². The van der Waals surface area contributed by atoms with Crippen LogP contribution in [0.2, 0.25) is 0 Å². The summed E-state index contributed by atoms with van der Waals surface area (Å²) in [6, 6.07) is 15.9. The first-order valence-electron chi connectivity index (χ1n) is 13.9. The molecule has 1 atom stereocenters. The number of terminal acetylenes is 1. The van der Waals surface area contributed by atoms with E-state index in [9.17, 15) is 9.59 Å². The predicted octanol–water partition coefficient (Wildman–Crippen LogP) is 6.87. The molecule has 3 N–H and O–H groups in total. The molecular weight excluding hydrogens is 625 g/mol. The van der Waals surface area contributed by atoms with E-state index in [-0.39, 0.29) is 12.0 Å². The monoisotopic (exact) mass is 677 g/mol. The number of hydrogen-bond acceptors (Lipinski definition) is 5. The summed E-state index contributed by atoms with van der Waals surface area (Å²) in [5.74, 6) is 2.63.